The second-order valence-corrected chi connectivity index (χ2v) is 6.24. The van der Waals surface area contributed by atoms with Gasteiger partial charge in [-0.05, 0) is 27.7 Å². The molecule has 0 spiro atoms. The van der Waals surface area contributed by atoms with Gasteiger partial charge in [0, 0.05) is 13.1 Å². The van der Waals surface area contributed by atoms with Crippen LogP contribution in [0.15, 0.2) is 6.33 Å². The molecule has 0 amide bonds. The highest BCUT2D eigenvalue weighted by molar-refractivity contribution is 6.32. The maximum absolute atomic E-state index is 6.02. The van der Waals surface area contributed by atoms with E-state index in [1.165, 1.54) is 6.33 Å². The maximum Gasteiger partial charge on any atom is 0.157 e. The Balaban J connectivity index is 2.36. The Morgan fingerprint density at radius 3 is 2.33 bits per heavy atom. The van der Waals surface area contributed by atoms with Crippen molar-refractivity contribution in [1.82, 2.24) is 9.97 Å². The van der Waals surface area contributed by atoms with Gasteiger partial charge in [0.15, 0.2) is 11.0 Å². The van der Waals surface area contributed by atoms with Gasteiger partial charge >= 0.3 is 0 Å². The summed E-state index contributed by atoms with van der Waals surface area (Å²) in [6.07, 6.45) is 1.43. The molecule has 0 saturated carbocycles. The molecule has 0 aliphatic carbocycles. The van der Waals surface area contributed by atoms with Crippen LogP contribution in [0.4, 0.5) is 11.5 Å². The zero-order valence-corrected chi connectivity index (χ0v) is 12.0. The molecule has 0 atom stereocenters. The minimum Gasteiger partial charge on any atom is -0.393 e. The summed E-state index contributed by atoms with van der Waals surface area (Å²) in [7, 11) is 0. The molecule has 0 unspecified atom stereocenters. The lowest BCUT2D eigenvalue weighted by Gasteiger charge is -2.47. The van der Waals surface area contributed by atoms with Gasteiger partial charge in [-0.2, -0.15) is 0 Å². The molecule has 2 rings (SSSR count). The molecule has 100 valence electrons. The lowest BCUT2D eigenvalue weighted by Crippen LogP contribution is -2.57. The van der Waals surface area contributed by atoms with Crippen molar-refractivity contribution in [3.8, 4) is 0 Å². The van der Waals surface area contributed by atoms with E-state index in [9.17, 15) is 0 Å². The molecule has 1 fully saturated rings. The Bertz CT molecular complexity index is 445. The van der Waals surface area contributed by atoms with Gasteiger partial charge in [0.1, 0.15) is 12.0 Å². The smallest absolute Gasteiger partial charge is 0.157 e. The quantitative estimate of drug-likeness (QED) is 0.792. The average molecular weight is 271 g/mol. The van der Waals surface area contributed by atoms with E-state index in [-0.39, 0.29) is 11.2 Å². The number of hydrogen-bond acceptors (Lipinski definition) is 5. The van der Waals surface area contributed by atoms with E-state index >= 15 is 0 Å². The number of hydrogen-bond donors (Lipinski definition) is 1. The molecule has 1 saturated heterocycles. The van der Waals surface area contributed by atoms with Gasteiger partial charge in [-0.1, -0.05) is 11.6 Å². The van der Waals surface area contributed by atoms with Gasteiger partial charge in [0.25, 0.3) is 0 Å². The van der Waals surface area contributed by atoms with E-state index in [2.05, 4.69) is 42.6 Å². The molecular formula is C12H19ClN4O. The predicted molar refractivity (Wildman–Crippen MR) is 72.9 cm³/mol. The number of nitrogens with zero attached hydrogens (tertiary/aromatic N) is 3. The van der Waals surface area contributed by atoms with Crippen LogP contribution in [0, 0.1) is 0 Å². The number of nitrogens with two attached hydrogens (primary N) is 1. The van der Waals surface area contributed by atoms with Crippen LogP contribution in [-0.4, -0.2) is 34.3 Å². The second kappa shape index (κ2) is 4.24. The van der Waals surface area contributed by atoms with Crippen molar-refractivity contribution in [3.05, 3.63) is 11.5 Å². The number of nitrogen functional groups attached to an aromatic ring is 1. The number of anilines is 2. The third kappa shape index (κ3) is 2.67. The van der Waals surface area contributed by atoms with E-state index in [1.807, 2.05) is 0 Å². The average Bonchev–Trinajstić information content (AvgIpc) is 2.17. The maximum atomic E-state index is 6.02. The molecule has 1 aliphatic heterocycles. The first-order valence-electron chi connectivity index (χ1n) is 5.91. The zero-order chi connectivity index (χ0) is 13.6. The summed E-state index contributed by atoms with van der Waals surface area (Å²) in [5, 5.41) is 0.294. The normalized spacial score (nSPS) is 21.9. The van der Waals surface area contributed by atoms with Crippen molar-refractivity contribution in [1.29, 1.82) is 0 Å². The Morgan fingerprint density at radius 2 is 1.78 bits per heavy atom. The monoisotopic (exact) mass is 270 g/mol. The third-order valence-electron chi connectivity index (χ3n) is 2.81. The van der Waals surface area contributed by atoms with Crippen molar-refractivity contribution < 1.29 is 4.74 Å². The first kappa shape index (κ1) is 13.4. The van der Waals surface area contributed by atoms with Crippen LogP contribution in [0.1, 0.15) is 27.7 Å². The van der Waals surface area contributed by atoms with Gasteiger partial charge in [-0.25, -0.2) is 9.97 Å². The minimum absolute atomic E-state index is 0.258. The number of morpholine rings is 1. The lowest BCUT2D eigenvalue weighted by atomic mass is 9.99. The third-order valence-corrected chi connectivity index (χ3v) is 3.11. The summed E-state index contributed by atoms with van der Waals surface area (Å²) >= 11 is 5.94. The van der Waals surface area contributed by atoms with Crippen LogP contribution in [-0.2, 0) is 4.74 Å². The Kier molecular flexibility index (Phi) is 3.15. The van der Waals surface area contributed by atoms with Crippen molar-refractivity contribution in [2.75, 3.05) is 23.7 Å². The van der Waals surface area contributed by atoms with Crippen LogP contribution in [0.25, 0.3) is 0 Å². The highest BCUT2D eigenvalue weighted by atomic mass is 35.5. The highest BCUT2D eigenvalue weighted by Crippen LogP contribution is 2.34. The number of halogens is 1. The topological polar surface area (TPSA) is 64.3 Å². The first-order chi connectivity index (χ1) is 8.20. The van der Waals surface area contributed by atoms with E-state index < -0.39 is 0 Å². The molecule has 2 heterocycles. The van der Waals surface area contributed by atoms with Gasteiger partial charge < -0.3 is 15.4 Å². The minimum atomic E-state index is -0.258. The van der Waals surface area contributed by atoms with Gasteiger partial charge in [0.05, 0.1) is 11.2 Å². The van der Waals surface area contributed by atoms with Gasteiger partial charge in [-0.15, -0.1) is 0 Å². The molecule has 0 radical (unpaired) electrons. The van der Waals surface area contributed by atoms with Crippen LogP contribution >= 0.6 is 11.6 Å². The van der Waals surface area contributed by atoms with Gasteiger partial charge in [-0.3, -0.25) is 0 Å². The van der Waals surface area contributed by atoms with Crippen molar-refractivity contribution in [3.63, 3.8) is 0 Å². The van der Waals surface area contributed by atoms with Crippen molar-refractivity contribution >= 4 is 23.1 Å². The standard InChI is InChI=1S/C12H19ClN4O/c1-11(2)5-17(6-12(3,4)18-11)10-8(14)9(13)15-7-16-10/h7H,5-6,14H2,1-4H3. The molecule has 18 heavy (non-hydrogen) atoms. The zero-order valence-electron chi connectivity index (χ0n) is 11.2. The molecule has 1 aliphatic rings. The molecular weight excluding hydrogens is 252 g/mol. The van der Waals surface area contributed by atoms with Crippen LogP contribution in [0.3, 0.4) is 0 Å². The largest absolute Gasteiger partial charge is 0.393 e. The number of aromatic nitrogens is 2. The molecule has 1 aromatic rings. The lowest BCUT2D eigenvalue weighted by molar-refractivity contribution is -0.133. The molecule has 0 aromatic carbocycles. The summed E-state index contributed by atoms with van der Waals surface area (Å²) in [4.78, 5) is 10.2. The van der Waals surface area contributed by atoms with E-state index in [0.717, 1.165) is 0 Å². The first-order valence-corrected chi connectivity index (χ1v) is 6.29. The van der Waals surface area contributed by atoms with Gasteiger partial charge in [0.2, 0.25) is 0 Å². The fourth-order valence-electron chi connectivity index (χ4n) is 2.56. The summed E-state index contributed by atoms with van der Waals surface area (Å²) in [6, 6.07) is 0. The van der Waals surface area contributed by atoms with Crippen molar-refractivity contribution in [2.45, 2.75) is 38.9 Å². The molecule has 0 bridgehead atoms. The second-order valence-electron chi connectivity index (χ2n) is 5.88. The van der Waals surface area contributed by atoms with Crippen LogP contribution in [0.5, 0.6) is 0 Å². The highest BCUT2D eigenvalue weighted by Gasteiger charge is 2.39. The van der Waals surface area contributed by atoms with Crippen LogP contribution in [0.2, 0.25) is 5.15 Å². The number of ether oxygens (including phenoxy) is 1. The summed E-state index contributed by atoms with van der Waals surface area (Å²) in [5.74, 6) is 0.680. The summed E-state index contributed by atoms with van der Waals surface area (Å²) in [6.45, 7) is 9.65. The van der Waals surface area contributed by atoms with Crippen molar-refractivity contribution in [2.24, 2.45) is 0 Å². The Hall–Kier alpha value is -1.07. The predicted octanol–water partition coefficient (Wildman–Crippen LogP) is 2.11. The van der Waals surface area contributed by atoms with E-state index in [4.69, 9.17) is 22.1 Å². The Labute approximate surface area is 112 Å². The molecule has 1 aromatic heterocycles. The van der Waals surface area contributed by atoms with E-state index in [0.29, 0.717) is 29.7 Å². The summed E-state index contributed by atoms with van der Waals surface area (Å²) in [5.41, 5.74) is 5.86. The summed E-state index contributed by atoms with van der Waals surface area (Å²) < 4.78 is 6.02. The fraction of sp³-hybridized carbons (Fsp3) is 0.667. The Morgan fingerprint density at radius 1 is 1.22 bits per heavy atom. The molecule has 5 nitrogen and oxygen atoms in total. The fourth-order valence-corrected chi connectivity index (χ4v) is 2.68. The molecule has 2 N–H and O–H groups in total. The molecule has 6 heteroatoms. The van der Waals surface area contributed by atoms with Crippen LogP contribution < -0.4 is 10.6 Å². The van der Waals surface area contributed by atoms with E-state index in [1.54, 1.807) is 0 Å². The SMILES string of the molecule is CC1(C)CN(c2ncnc(Cl)c2N)CC(C)(C)O1. The number of rotatable bonds is 1.